The van der Waals surface area contributed by atoms with E-state index in [2.05, 4.69) is 57.6 Å². The second-order valence-corrected chi connectivity index (χ2v) is 15.7. The smallest absolute Gasteiger partial charge is 0.0767 e. The Morgan fingerprint density at radius 2 is 1.42 bits per heavy atom. The molecule has 0 rings (SSSR count). The summed E-state index contributed by atoms with van der Waals surface area (Å²) in [6, 6.07) is 0. The van der Waals surface area contributed by atoms with Crippen LogP contribution in [0, 0.1) is 0 Å². The molecule has 0 atom stereocenters. The highest BCUT2D eigenvalue weighted by atomic mass is 28.3. The van der Waals surface area contributed by atoms with Crippen molar-refractivity contribution in [3.63, 3.8) is 0 Å². The van der Waals surface area contributed by atoms with Crippen molar-refractivity contribution in [3.05, 3.63) is 23.6 Å². The maximum atomic E-state index is 4.13. The van der Waals surface area contributed by atoms with E-state index < -0.39 is 16.1 Å². The van der Waals surface area contributed by atoms with Crippen LogP contribution < -0.4 is 0 Å². The van der Waals surface area contributed by atoms with Gasteiger partial charge in [-0.05, 0) is 0 Å². The second kappa shape index (κ2) is 3.75. The quantitative estimate of drug-likeness (QED) is 0.477. The second-order valence-electron chi connectivity index (χ2n) is 5.47. The van der Waals surface area contributed by atoms with Crippen LogP contribution in [0.5, 0.6) is 0 Å². The highest BCUT2D eigenvalue weighted by Crippen LogP contribution is 2.15. The van der Waals surface area contributed by atoms with Gasteiger partial charge in [0, 0.05) is 0 Å². The number of hydrogen-bond acceptors (Lipinski definition) is 0. The third-order valence-corrected chi connectivity index (χ3v) is 5.01. The summed E-state index contributed by atoms with van der Waals surface area (Å²) in [4.78, 5) is 0. The maximum absolute atomic E-state index is 4.13. The normalized spacial score (nSPS) is 13.8. The van der Waals surface area contributed by atoms with Gasteiger partial charge in [-0.25, -0.2) is 0 Å². The summed E-state index contributed by atoms with van der Waals surface area (Å²) in [5.74, 6) is 0. The average Bonchev–Trinajstić information content (AvgIpc) is 1.78. The molecule has 0 unspecified atom stereocenters. The molecule has 0 N–H and O–H groups in total. The first-order valence-corrected chi connectivity index (χ1v) is 11.6. The molecular weight excluding hydrogens is 176 g/mol. The summed E-state index contributed by atoms with van der Waals surface area (Å²) in [6.45, 7) is 18.2. The van der Waals surface area contributed by atoms with Crippen LogP contribution in [0.25, 0.3) is 0 Å². The third kappa shape index (κ3) is 5.55. The van der Waals surface area contributed by atoms with Gasteiger partial charge in [0.15, 0.2) is 0 Å². The lowest BCUT2D eigenvalue weighted by atomic mass is 10.6. The highest BCUT2D eigenvalue weighted by Gasteiger charge is 2.16. The monoisotopic (exact) mass is 198 g/mol. The zero-order valence-corrected chi connectivity index (χ0v) is 11.4. The molecule has 0 aromatic heterocycles. The molecule has 0 aromatic rings. The van der Waals surface area contributed by atoms with E-state index >= 15 is 0 Å². The molecule has 0 saturated heterocycles. The molecule has 0 radical (unpaired) electrons. The lowest BCUT2D eigenvalue weighted by Gasteiger charge is -2.17. The summed E-state index contributed by atoms with van der Waals surface area (Å²) < 4.78 is 0. The van der Waals surface area contributed by atoms with E-state index in [4.69, 9.17) is 0 Å². The van der Waals surface area contributed by atoms with Crippen molar-refractivity contribution in [2.24, 2.45) is 0 Å². The predicted octanol–water partition coefficient (Wildman–Crippen LogP) is 3.85. The molecule has 0 fully saturated rings. The first-order chi connectivity index (χ1) is 5.13. The topological polar surface area (TPSA) is 0 Å². The van der Waals surface area contributed by atoms with Gasteiger partial charge >= 0.3 is 0 Å². The predicted molar refractivity (Wildman–Crippen MR) is 65.0 cm³/mol. The molecule has 0 saturated carbocycles. The summed E-state index contributed by atoms with van der Waals surface area (Å²) in [6.07, 6.45) is 2.26. The Balaban J connectivity index is 4.30. The molecule has 0 aliphatic heterocycles. The summed E-state index contributed by atoms with van der Waals surface area (Å²) in [7, 11) is -2.14. The van der Waals surface area contributed by atoms with Crippen LogP contribution in [0.1, 0.15) is 0 Å². The molecule has 0 aliphatic carbocycles. The summed E-state index contributed by atoms with van der Waals surface area (Å²) in [5.41, 5.74) is 2.38. The van der Waals surface area contributed by atoms with E-state index in [1.165, 1.54) is 5.20 Å². The Morgan fingerprint density at radius 3 is 1.67 bits per heavy atom. The van der Waals surface area contributed by atoms with Gasteiger partial charge in [-0.1, -0.05) is 62.8 Å². The van der Waals surface area contributed by atoms with E-state index in [-0.39, 0.29) is 0 Å². The molecule has 0 bridgehead atoms. The van der Waals surface area contributed by atoms with Crippen LogP contribution in [-0.4, -0.2) is 16.1 Å². The van der Waals surface area contributed by atoms with Crippen molar-refractivity contribution < 1.29 is 0 Å². The van der Waals surface area contributed by atoms with E-state index in [1.807, 2.05) is 0 Å². The van der Waals surface area contributed by atoms with Crippen LogP contribution in [-0.2, 0) is 0 Å². The SMILES string of the molecule is C=C(C=C[Si](C)(C)C)[Si](C)(C)C. The van der Waals surface area contributed by atoms with Crippen molar-refractivity contribution in [2.45, 2.75) is 39.3 Å². The Morgan fingerprint density at radius 1 is 1.00 bits per heavy atom. The van der Waals surface area contributed by atoms with E-state index in [0.29, 0.717) is 0 Å². The minimum Gasteiger partial charge on any atom is -0.0998 e. The van der Waals surface area contributed by atoms with Crippen molar-refractivity contribution in [2.75, 3.05) is 0 Å². The summed E-state index contributed by atoms with van der Waals surface area (Å²) >= 11 is 0. The van der Waals surface area contributed by atoms with Gasteiger partial charge in [0.25, 0.3) is 0 Å². The van der Waals surface area contributed by atoms with Crippen molar-refractivity contribution in [1.29, 1.82) is 0 Å². The van der Waals surface area contributed by atoms with Crippen LogP contribution in [0.4, 0.5) is 0 Å². The first-order valence-electron chi connectivity index (χ1n) is 4.51. The fraction of sp³-hybridized carbons (Fsp3) is 0.600. The zero-order valence-electron chi connectivity index (χ0n) is 9.36. The molecule has 0 spiro atoms. The molecule has 12 heavy (non-hydrogen) atoms. The number of hydrogen-bond donors (Lipinski definition) is 0. The van der Waals surface area contributed by atoms with Gasteiger partial charge in [-0.2, -0.15) is 0 Å². The number of rotatable bonds is 3. The highest BCUT2D eigenvalue weighted by molar-refractivity contribution is 6.84. The average molecular weight is 198 g/mol. The van der Waals surface area contributed by atoms with Crippen LogP contribution in [0.2, 0.25) is 39.3 Å². The molecule has 0 aromatic carbocycles. The maximum Gasteiger partial charge on any atom is 0.0767 e. The Kier molecular flexibility index (Phi) is 3.72. The number of allylic oxidation sites excluding steroid dienone is 2. The molecular formula is C10H22Si2. The van der Waals surface area contributed by atoms with Crippen molar-refractivity contribution in [1.82, 2.24) is 0 Å². The lowest BCUT2D eigenvalue weighted by Crippen LogP contribution is -2.23. The van der Waals surface area contributed by atoms with E-state index in [1.54, 1.807) is 0 Å². The fourth-order valence-electron chi connectivity index (χ4n) is 0.601. The largest absolute Gasteiger partial charge is 0.0998 e. The standard InChI is InChI=1S/C10H22Si2/c1-10(12(5,6)7)8-9-11(2,3)4/h8-9H,1H2,2-7H3. The third-order valence-electron chi connectivity index (χ3n) is 1.75. The van der Waals surface area contributed by atoms with Gasteiger partial charge in [-0.15, -0.1) is 0 Å². The molecule has 0 aliphatic rings. The van der Waals surface area contributed by atoms with Gasteiger partial charge in [-0.3, -0.25) is 0 Å². The Bertz CT molecular complexity index is 189. The molecule has 0 heterocycles. The Hall–Kier alpha value is -0.0862. The minimum absolute atomic E-state index is 1.02. The van der Waals surface area contributed by atoms with Crippen molar-refractivity contribution >= 4 is 16.1 Å². The molecule has 0 amide bonds. The van der Waals surface area contributed by atoms with Crippen molar-refractivity contribution in [3.8, 4) is 0 Å². The fourth-order valence-corrected chi connectivity index (χ4v) is 2.05. The zero-order chi connectivity index (χ0) is 9.99. The first kappa shape index (κ1) is 11.9. The van der Waals surface area contributed by atoms with Gasteiger partial charge in [0.1, 0.15) is 0 Å². The summed E-state index contributed by atoms with van der Waals surface area (Å²) in [5, 5.41) is 1.37. The Labute approximate surface area is 79.4 Å². The molecule has 2 heteroatoms. The van der Waals surface area contributed by atoms with Crippen LogP contribution in [0.15, 0.2) is 23.6 Å². The molecule has 70 valence electrons. The van der Waals surface area contributed by atoms with Gasteiger partial charge in [0.2, 0.25) is 0 Å². The van der Waals surface area contributed by atoms with Gasteiger partial charge in [0.05, 0.1) is 16.1 Å². The van der Waals surface area contributed by atoms with Crippen LogP contribution >= 0.6 is 0 Å². The van der Waals surface area contributed by atoms with E-state index in [0.717, 1.165) is 0 Å². The lowest BCUT2D eigenvalue weighted by molar-refractivity contribution is 1.66. The van der Waals surface area contributed by atoms with Gasteiger partial charge < -0.3 is 0 Å². The van der Waals surface area contributed by atoms with Crippen LogP contribution in [0.3, 0.4) is 0 Å². The van der Waals surface area contributed by atoms with E-state index in [9.17, 15) is 0 Å². The molecule has 0 nitrogen and oxygen atoms in total. The minimum atomic E-state index is -1.12.